The summed E-state index contributed by atoms with van der Waals surface area (Å²) in [5.41, 5.74) is 6.50. The van der Waals surface area contributed by atoms with Gasteiger partial charge in [0.2, 0.25) is 0 Å². The van der Waals surface area contributed by atoms with Crippen LogP contribution >= 0.6 is 0 Å². The number of hydrogen-bond acceptors (Lipinski definition) is 2. The standard InChI is InChI=1S/C19H24N2/c1-15-6-7-16(2)19(10-15)18-11-17(12-20-13-18)14-21-8-4-3-5-9-21/h6-7,10-13H,3-5,8-9,14H2,1-2H3. The molecule has 1 aliphatic rings. The largest absolute Gasteiger partial charge is 0.299 e. The molecule has 0 unspecified atom stereocenters. The Morgan fingerprint density at radius 2 is 1.81 bits per heavy atom. The number of aryl methyl sites for hydroxylation is 2. The first-order valence-corrected chi connectivity index (χ1v) is 7.96. The van der Waals surface area contributed by atoms with Crippen molar-refractivity contribution in [2.75, 3.05) is 13.1 Å². The number of benzene rings is 1. The highest BCUT2D eigenvalue weighted by Gasteiger charge is 2.11. The number of rotatable bonds is 3. The fourth-order valence-corrected chi connectivity index (χ4v) is 3.14. The Hall–Kier alpha value is -1.67. The minimum atomic E-state index is 1.03. The van der Waals surface area contributed by atoms with Gasteiger partial charge in [-0.25, -0.2) is 0 Å². The Morgan fingerprint density at radius 1 is 1.00 bits per heavy atom. The van der Waals surface area contributed by atoms with E-state index in [2.05, 4.69) is 48.0 Å². The second kappa shape index (κ2) is 6.40. The molecule has 0 radical (unpaired) electrons. The van der Waals surface area contributed by atoms with Crippen LogP contribution in [0.25, 0.3) is 11.1 Å². The molecule has 2 aromatic rings. The maximum atomic E-state index is 4.47. The minimum Gasteiger partial charge on any atom is -0.299 e. The molecule has 3 rings (SSSR count). The zero-order valence-corrected chi connectivity index (χ0v) is 13.1. The summed E-state index contributed by atoms with van der Waals surface area (Å²) in [6, 6.07) is 8.94. The summed E-state index contributed by atoms with van der Waals surface area (Å²) < 4.78 is 0. The smallest absolute Gasteiger partial charge is 0.0346 e. The summed E-state index contributed by atoms with van der Waals surface area (Å²) in [5, 5.41) is 0. The number of hydrogen-bond donors (Lipinski definition) is 0. The van der Waals surface area contributed by atoms with Gasteiger partial charge in [-0.2, -0.15) is 0 Å². The van der Waals surface area contributed by atoms with Gasteiger partial charge in [0.25, 0.3) is 0 Å². The van der Waals surface area contributed by atoms with E-state index in [0.29, 0.717) is 0 Å². The Morgan fingerprint density at radius 3 is 2.62 bits per heavy atom. The molecule has 1 aromatic heterocycles. The summed E-state index contributed by atoms with van der Waals surface area (Å²) in [6.07, 6.45) is 8.07. The van der Waals surface area contributed by atoms with E-state index in [-0.39, 0.29) is 0 Å². The van der Waals surface area contributed by atoms with Crippen molar-refractivity contribution in [3.63, 3.8) is 0 Å². The lowest BCUT2D eigenvalue weighted by molar-refractivity contribution is 0.220. The molecular weight excluding hydrogens is 256 g/mol. The van der Waals surface area contributed by atoms with Crippen molar-refractivity contribution >= 4 is 0 Å². The number of likely N-dealkylation sites (tertiary alicyclic amines) is 1. The zero-order valence-electron chi connectivity index (χ0n) is 13.1. The van der Waals surface area contributed by atoms with Crippen LogP contribution in [-0.4, -0.2) is 23.0 Å². The lowest BCUT2D eigenvalue weighted by atomic mass is 9.98. The fraction of sp³-hybridized carbons (Fsp3) is 0.421. The molecular formula is C19H24N2. The van der Waals surface area contributed by atoms with E-state index < -0.39 is 0 Å². The van der Waals surface area contributed by atoms with Gasteiger partial charge >= 0.3 is 0 Å². The molecule has 1 aromatic carbocycles. The van der Waals surface area contributed by atoms with E-state index in [1.807, 2.05) is 12.4 Å². The van der Waals surface area contributed by atoms with Crippen LogP contribution in [0, 0.1) is 13.8 Å². The second-order valence-corrected chi connectivity index (χ2v) is 6.24. The molecule has 0 spiro atoms. The molecule has 0 atom stereocenters. The first-order valence-electron chi connectivity index (χ1n) is 7.96. The van der Waals surface area contributed by atoms with Gasteiger partial charge < -0.3 is 0 Å². The summed E-state index contributed by atoms with van der Waals surface area (Å²) in [6.45, 7) is 7.81. The molecule has 0 aliphatic carbocycles. The van der Waals surface area contributed by atoms with Crippen LogP contribution in [0.15, 0.2) is 36.7 Å². The van der Waals surface area contributed by atoms with Crippen molar-refractivity contribution in [2.24, 2.45) is 0 Å². The van der Waals surface area contributed by atoms with Crippen LogP contribution in [0.5, 0.6) is 0 Å². The van der Waals surface area contributed by atoms with Crippen molar-refractivity contribution in [1.29, 1.82) is 0 Å². The zero-order chi connectivity index (χ0) is 14.7. The molecule has 2 heteroatoms. The average Bonchev–Trinajstić information content (AvgIpc) is 2.51. The summed E-state index contributed by atoms with van der Waals surface area (Å²) in [5.74, 6) is 0. The Bertz CT molecular complexity index is 613. The highest BCUT2D eigenvalue weighted by molar-refractivity contribution is 5.67. The van der Waals surface area contributed by atoms with Gasteiger partial charge in [-0.3, -0.25) is 9.88 Å². The third-order valence-corrected chi connectivity index (χ3v) is 4.35. The summed E-state index contributed by atoms with van der Waals surface area (Å²) >= 11 is 0. The molecule has 0 N–H and O–H groups in total. The molecule has 21 heavy (non-hydrogen) atoms. The van der Waals surface area contributed by atoms with Crippen molar-refractivity contribution in [1.82, 2.24) is 9.88 Å². The number of aromatic nitrogens is 1. The van der Waals surface area contributed by atoms with Crippen LogP contribution < -0.4 is 0 Å². The van der Waals surface area contributed by atoms with E-state index in [0.717, 1.165) is 6.54 Å². The van der Waals surface area contributed by atoms with Gasteiger partial charge in [-0.15, -0.1) is 0 Å². The maximum Gasteiger partial charge on any atom is 0.0346 e. The average molecular weight is 280 g/mol. The Kier molecular flexibility index (Phi) is 4.35. The van der Waals surface area contributed by atoms with Crippen molar-refractivity contribution in [3.05, 3.63) is 53.3 Å². The van der Waals surface area contributed by atoms with E-state index >= 15 is 0 Å². The van der Waals surface area contributed by atoms with Crippen LogP contribution in [-0.2, 0) is 6.54 Å². The van der Waals surface area contributed by atoms with Crippen LogP contribution in [0.1, 0.15) is 36.0 Å². The fourth-order valence-electron chi connectivity index (χ4n) is 3.14. The third kappa shape index (κ3) is 3.51. The lowest BCUT2D eigenvalue weighted by Gasteiger charge is -2.26. The predicted octanol–water partition coefficient (Wildman–Crippen LogP) is 4.35. The quantitative estimate of drug-likeness (QED) is 0.831. The van der Waals surface area contributed by atoms with E-state index in [1.165, 1.54) is 60.2 Å². The second-order valence-electron chi connectivity index (χ2n) is 6.24. The van der Waals surface area contributed by atoms with E-state index in [9.17, 15) is 0 Å². The number of pyridine rings is 1. The summed E-state index contributed by atoms with van der Waals surface area (Å²) in [4.78, 5) is 7.02. The van der Waals surface area contributed by atoms with Gasteiger partial charge in [0.05, 0.1) is 0 Å². The van der Waals surface area contributed by atoms with Crippen molar-refractivity contribution < 1.29 is 0 Å². The number of nitrogens with zero attached hydrogens (tertiary/aromatic N) is 2. The van der Waals surface area contributed by atoms with Gasteiger partial charge in [0, 0.05) is 24.5 Å². The van der Waals surface area contributed by atoms with Crippen LogP contribution in [0.4, 0.5) is 0 Å². The molecule has 0 saturated carbocycles. The van der Waals surface area contributed by atoms with Gasteiger partial charge in [0.1, 0.15) is 0 Å². The predicted molar refractivity (Wildman–Crippen MR) is 88.3 cm³/mol. The lowest BCUT2D eigenvalue weighted by Crippen LogP contribution is -2.29. The molecule has 1 aliphatic heterocycles. The monoisotopic (exact) mass is 280 g/mol. The van der Waals surface area contributed by atoms with Gasteiger partial charge in [0.15, 0.2) is 0 Å². The molecule has 110 valence electrons. The minimum absolute atomic E-state index is 1.03. The molecule has 1 saturated heterocycles. The highest BCUT2D eigenvalue weighted by atomic mass is 15.1. The van der Waals surface area contributed by atoms with Crippen molar-refractivity contribution in [2.45, 2.75) is 39.7 Å². The van der Waals surface area contributed by atoms with Crippen LogP contribution in [0.2, 0.25) is 0 Å². The van der Waals surface area contributed by atoms with E-state index in [4.69, 9.17) is 0 Å². The molecule has 0 amide bonds. The Balaban J connectivity index is 1.83. The molecule has 2 heterocycles. The third-order valence-electron chi connectivity index (χ3n) is 4.35. The van der Waals surface area contributed by atoms with Gasteiger partial charge in [-0.1, -0.05) is 30.2 Å². The Labute approximate surface area is 127 Å². The molecule has 0 bridgehead atoms. The van der Waals surface area contributed by atoms with E-state index in [1.54, 1.807) is 0 Å². The molecule has 1 fully saturated rings. The first kappa shape index (κ1) is 14.3. The maximum absolute atomic E-state index is 4.47. The number of piperidine rings is 1. The topological polar surface area (TPSA) is 16.1 Å². The van der Waals surface area contributed by atoms with Gasteiger partial charge in [-0.05, 0) is 62.5 Å². The SMILES string of the molecule is Cc1ccc(C)c(-c2cncc(CN3CCCCC3)c2)c1. The molecule has 2 nitrogen and oxygen atoms in total. The normalized spacial score (nSPS) is 16.1. The highest BCUT2D eigenvalue weighted by Crippen LogP contribution is 2.25. The van der Waals surface area contributed by atoms with Crippen molar-refractivity contribution in [3.8, 4) is 11.1 Å². The van der Waals surface area contributed by atoms with Crippen LogP contribution in [0.3, 0.4) is 0 Å². The first-order chi connectivity index (χ1) is 10.2. The summed E-state index contributed by atoms with van der Waals surface area (Å²) in [7, 11) is 0.